The van der Waals surface area contributed by atoms with Crippen LogP contribution < -0.4 is 10.6 Å². The average Bonchev–Trinajstić information content (AvgIpc) is 2.55. The van der Waals surface area contributed by atoms with Crippen molar-refractivity contribution < 1.29 is 14.3 Å². The van der Waals surface area contributed by atoms with E-state index in [4.69, 9.17) is 4.74 Å². The molecule has 5 nitrogen and oxygen atoms in total. The molecule has 2 atom stereocenters. The van der Waals surface area contributed by atoms with Gasteiger partial charge in [0.2, 0.25) is 11.8 Å². The Labute approximate surface area is 143 Å². The Morgan fingerprint density at radius 2 is 2.04 bits per heavy atom. The minimum absolute atomic E-state index is 0.0106. The van der Waals surface area contributed by atoms with Crippen molar-refractivity contribution in [3.8, 4) is 0 Å². The zero-order valence-corrected chi connectivity index (χ0v) is 14.4. The van der Waals surface area contributed by atoms with E-state index in [1.165, 1.54) is 0 Å². The molecule has 3 rings (SSSR count). The summed E-state index contributed by atoms with van der Waals surface area (Å²) in [4.78, 5) is 24.8. The molecule has 2 heterocycles. The molecule has 5 heteroatoms. The van der Waals surface area contributed by atoms with Crippen LogP contribution in [0.1, 0.15) is 45.1 Å². The zero-order chi connectivity index (χ0) is 17.2. The zero-order valence-electron chi connectivity index (χ0n) is 14.4. The van der Waals surface area contributed by atoms with Crippen LogP contribution in [0.5, 0.6) is 0 Å². The maximum atomic E-state index is 13.2. The van der Waals surface area contributed by atoms with E-state index >= 15 is 0 Å². The molecule has 0 bridgehead atoms. The molecule has 0 aliphatic carbocycles. The van der Waals surface area contributed by atoms with E-state index in [1.54, 1.807) is 0 Å². The Balaban J connectivity index is 1.81. The number of ether oxygens (including phenoxy) is 1. The van der Waals surface area contributed by atoms with Gasteiger partial charge in [0.15, 0.2) is 0 Å². The molecule has 0 saturated carbocycles. The molecule has 2 aliphatic heterocycles. The van der Waals surface area contributed by atoms with Gasteiger partial charge >= 0.3 is 0 Å². The van der Waals surface area contributed by atoms with Crippen molar-refractivity contribution in [2.45, 2.75) is 56.6 Å². The van der Waals surface area contributed by atoms with Crippen LogP contribution in [0.3, 0.4) is 0 Å². The lowest BCUT2D eigenvalue weighted by molar-refractivity contribution is -0.133. The van der Waals surface area contributed by atoms with Gasteiger partial charge in [-0.3, -0.25) is 9.59 Å². The highest BCUT2D eigenvalue weighted by Crippen LogP contribution is 2.33. The van der Waals surface area contributed by atoms with E-state index in [0.29, 0.717) is 26.0 Å². The number of carbonyl (C=O) groups is 2. The van der Waals surface area contributed by atoms with Crippen molar-refractivity contribution in [2.75, 3.05) is 13.2 Å². The van der Waals surface area contributed by atoms with Crippen LogP contribution in [0.2, 0.25) is 0 Å². The summed E-state index contributed by atoms with van der Waals surface area (Å²) in [5.74, 6) is 0.0259. The van der Waals surface area contributed by atoms with Crippen LogP contribution in [0.4, 0.5) is 0 Å². The van der Waals surface area contributed by atoms with E-state index in [9.17, 15) is 9.59 Å². The first kappa shape index (κ1) is 17.0. The number of rotatable bonds is 3. The number of benzene rings is 1. The third-order valence-corrected chi connectivity index (χ3v) is 5.16. The molecule has 2 unspecified atom stereocenters. The first-order valence-corrected chi connectivity index (χ1v) is 8.68. The summed E-state index contributed by atoms with van der Waals surface area (Å²) in [6, 6.07) is 9.89. The quantitative estimate of drug-likeness (QED) is 0.889. The number of carbonyl (C=O) groups excluding carboxylic acids is 2. The summed E-state index contributed by atoms with van der Waals surface area (Å²) in [7, 11) is 0. The first-order valence-electron chi connectivity index (χ1n) is 8.68. The van der Waals surface area contributed by atoms with Crippen molar-refractivity contribution in [3.05, 3.63) is 35.9 Å². The van der Waals surface area contributed by atoms with E-state index in [0.717, 1.165) is 18.4 Å². The minimum Gasteiger partial charge on any atom is -0.375 e. The van der Waals surface area contributed by atoms with E-state index in [1.807, 2.05) is 30.3 Å². The number of piperidine rings is 1. The average molecular weight is 330 g/mol. The molecule has 2 amide bonds. The van der Waals surface area contributed by atoms with Gasteiger partial charge in [-0.25, -0.2) is 0 Å². The van der Waals surface area contributed by atoms with Gasteiger partial charge in [0, 0.05) is 25.6 Å². The van der Waals surface area contributed by atoms with Gasteiger partial charge < -0.3 is 15.4 Å². The molecular weight excluding hydrogens is 304 g/mol. The fourth-order valence-electron chi connectivity index (χ4n) is 3.76. The lowest BCUT2D eigenvalue weighted by Crippen LogP contribution is -2.58. The fourth-order valence-corrected chi connectivity index (χ4v) is 3.76. The maximum Gasteiger partial charge on any atom is 0.232 e. The van der Waals surface area contributed by atoms with Crippen LogP contribution in [0.25, 0.3) is 0 Å². The number of hydrogen-bond acceptors (Lipinski definition) is 3. The summed E-state index contributed by atoms with van der Waals surface area (Å²) >= 11 is 0. The highest BCUT2D eigenvalue weighted by atomic mass is 16.5. The van der Waals surface area contributed by atoms with Gasteiger partial charge in [-0.05, 0) is 38.7 Å². The van der Waals surface area contributed by atoms with Crippen molar-refractivity contribution in [1.82, 2.24) is 10.6 Å². The molecular formula is C19H26N2O3. The molecule has 0 aromatic heterocycles. The molecule has 2 aliphatic rings. The predicted octanol–water partition coefficient (Wildman–Crippen LogP) is 1.91. The lowest BCUT2D eigenvalue weighted by atomic mass is 9.73. The van der Waals surface area contributed by atoms with E-state index < -0.39 is 5.41 Å². The van der Waals surface area contributed by atoms with Crippen molar-refractivity contribution in [2.24, 2.45) is 0 Å². The predicted molar refractivity (Wildman–Crippen MR) is 91.6 cm³/mol. The van der Waals surface area contributed by atoms with Crippen LogP contribution in [0, 0.1) is 0 Å². The Hall–Kier alpha value is -1.88. The summed E-state index contributed by atoms with van der Waals surface area (Å²) in [5, 5.41) is 6.11. The highest BCUT2D eigenvalue weighted by Gasteiger charge is 2.44. The minimum atomic E-state index is -0.683. The molecule has 2 saturated heterocycles. The topological polar surface area (TPSA) is 67.4 Å². The second-order valence-electron chi connectivity index (χ2n) is 7.50. The third kappa shape index (κ3) is 3.46. The second-order valence-corrected chi connectivity index (χ2v) is 7.50. The van der Waals surface area contributed by atoms with Crippen LogP contribution in [-0.4, -0.2) is 36.6 Å². The first-order chi connectivity index (χ1) is 11.4. The monoisotopic (exact) mass is 330 g/mol. The largest absolute Gasteiger partial charge is 0.375 e. The van der Waals surface area contributed by atoms with Gasteiger partial charge in [-0.1, -0.05) is 30.3 Å². The van der Waals surface area contributed by atoms with Crippen LogP contribution in [0.15, 0.2) is 30.3 Å². The Morgan fingerprint density at radius 3 is 2.67 bits per heavy atom. The summed E-state index contributed by atoms with van der Waals surface area (Å²) in [6.45, 7) is 5.12. The third-order valence-electron chi connectivity index (χ3n) is 5.16. The van der Waals surface area contributed by atoms with Gasteiger partial charge in [0.25, 0.3) is 0 Å². The number of amides is 2. The fraction of sp³-hybridized carbons (Fsp3) is 0.579. The molecule has 2 fully saturated rings. The summed E-state index contributed by atoms with van der Waals surface area (Å²) in [6.07, 6.45) is 2.55. The maximum absolute atomic E-state index is 13.2. The van der Waals surface area contributed by atoms with Crippen molar-refractivity contribution in [1.29, 1.82) is 0 Å². The highest BCUT2D eigenvalue weighted by molar-refractivity contribution is 5.91. The SMILES string of the molecule is CC1(C)CC(NC(=O)C2(c3ccccc3)CCC(=O)NC2)CCO1. The van der Waals surface area contributed by atoms with E-state index in [-0.39, 0.29) is 23.5 Å². The van der Waals surface area contributed by atoms with Crippen LogP contribution in [-0.2, 0) is 19.7 Å². The van der Waals surface area contributed by atoms with Crippen molar-refractivity contribution >= 4 is 11.8 Å². The Kier molecular flexibility index (Phi) is 4.63. The normalized spacial score (nSPS) is 29.6. The Morgan fingerprint density at radius 1 is 1.29 bits per heavy atom. The molecule has 24 heavy (non-hydrogen) atoms. The molecule has 2 N–H and O–H groups in total. The summed E-state index contributed by atoms with van der Waals surface area (Å²) < 4.78 is 5.74. The van der Waals surface area contributed by atoms with Crippen molar-refractivity contribution in [3.63, 3.8) is 0 Å². The standard InChI is InChI=1S/C19H26N2O3/c1-18(2)12-15(9-11-24-18)21-17(23)19(10-8-16(22)20-13-19)14-6-4-3-5-7-14/h3-7,15H,8-13H2,1-2H3,(H,20,22)(H,21,23). The molecule has 1 aromatic carbocycles. The number of hydrogen-bond donors (Lipinski definition) is 2. The van der Waals surface area contributed by atoms with Gasteiger partial charge in [-0.15, -0.1) is 0 Å². The van der Waals surface area contributed by atoms with Crippen LogP contribution >= 0.6 is 0 Å². The number of nitrogens with one attached hydrogen (secondary N) is 2. The lowest BCUT2D eigenvalue weighted by Gasteiger charge is -2.40. The molecule has 0 spiro atoms. The summed E-state index contributed by atoms with van der Waals surface area (Å²) in [5.41, 5.74) is 0.0722. The van der Waals surface area contributed by atoms with Gasteiger partial charge in [-0.2, -0.15) is 0 Å². The molecule has 130 valence electrons. The smallest absolute Gasteiger partial charge is 0.232 e. The molecule has 1 aromatic rings. The van der Waals surface area contributed by atoms with Gasteiger partial charge in [0.05, 0.1) is 11.0 Å². The second kappa shape index (κ2) is 6.55. The van der Waals surface area contributed by atoms with E-state index in [2.05, 4.69) is 24.5 Å². The van der Waals surface area contributed by atoms with Gasteiger partial charge in [0.1, 0.15) is 0 Å². The molecule has 0 radical (unpaired) electrons. The Bertz CT molecular complexity index is 602.